The van der Waals surface area contributed by atoms with Crippen LogP contribution in [0.1, 0.15) is 23.9 Å². The first-order valence-corrected chi connectivity index (χ1v) is 13.7. The lowest BCUT2D eigenvalue weighted by atomic mass is 9.96. The van der Waals surface area contributed by atoms with Gasteiger partial charge >= 0.3 is 0 Å². The third-order valence-electron chi connectivity index (χ3n) is 8.57. The smallest absolute Gasteiger partial charge is 0.237 e. The van der Waals surface area contributed by atoms with Crippen molar-refractivity contribution in [2.45, 2.75) is 26.3 Å². The van der Waals surface area contributed by atoms with Crippen molar-refractivity contribution in [3.8, 4) is 28.4 Å². The molecule has 0 saturated carbocycles. The monoisotopic (exact) mass is 548 g/mol. The highest BCUT2D eigenvalue weighted by Gasteiger charge is 2.38. The Bertz CT molecular complexity index is 1620. The first-order chi connectivity index (χ1) is 19.4. The number of nitrogens with one attached hydrogen (secondary N) is 2. The molecule has 2 saturated heterocycles. The Morgan fingerprint density at radius 3 is 2.73 bits per heavy atom. The first-order valence-electron chi connectivity index (χ1n) is 13.7. The van der Waals surface area contributed by atoms with Crippen molar-refractivity contribution in [2.24, 2.45) is 11.8 Å². The van der Waals surface area contributed by atoms with Crippen LogP contribution in [-0.4, -0.2) is 80.4 Å². The van der Waals surface area contributed by atoms with Crippen LogP contribution in [0.5, 0.6) is 5.75 Å². The molecule has 2 fully saturated rings. The minimum atomic E-state index is -0.760. The van der Waals surface area contributed by atoms with Gasteiger partial charge < -0.3 is 19.7 Å². The molecule has 208 valence electrons. The average Bonchev–Trinajstić information content (AvgIpc) is 3.72. The van der Waals surface area contributed by atoms with Crippen LogP contribution in [0.15, 0.2) is 24.3 Å². The van der Waals surface area contributed by atoms with Gasteiger partial charge in [-0.3, -0.25) is 14.8 Å². The largest absolute Gasteiger partial charge is 0.505 e. The van der Waals surface area contributed by atoms with E-state index in [4.69, 9.17) is 9.72 Å². The normalized spacial score (nSPS) is 20.8. The minimum Gasteiger partial charge on any atom is -0.505 e. The minimum absolute atomic E-state index is 0.0944. The predicted molar refractivity (Wildman–Crippen MR) is 143 cm³/mol. The van der Waals surface area contributed by atoms with Crippen molar-refractivity contribution in [3.63, 3.8) is 0 Å². The zero-order valence-corrected chi connectivity index (χ0v) is 22.1. The molecule has 0 unspecified atom stereocenters. The Kier molecular flexibility index (Phi) is 6.08. The number of rotatable bonds is 5. The Morgan fingerprint density at radius 2 is 1.95 bits per heavy atom. The predicted octanol–water partition coefficient (Wildman–Crippen LogP) is 3.63. The van der Waals surface area contributed by atoms with Gasteiger partial charge in [-0.2, -0.15) is 5.10 Å². The molecule has 11 heteroatoms. The molecule has 2 aromatic carbocycles. The van der Waals surface area contributed by atoms with Gasteiger partial charge in [0.15, 0.2) is 17.4 Å². The quantitative estimate of drug-likeness (QED) is 0.351. The summed E-state index contributed by atoms with van der Waals surface area (Å²) in [6.07, 6.45) is 1.18. The number of aromatic nitrogens is 4. The average molecular weight is 549 g/mol. The van der Waals surface area contributed by atoms with Crippen LogP contribution < -0.4 is 0 Å². The number of phenolic OH excluding ortho intramolecular Hbond substituents is 1. The number of fused-ring (bicyclic) bond motifs is 3. The van der Waals surface area contributed by atoms with E-state index in [2.05, 4.69) is 20.1 Å². The lowest BCUT2D eigenvalue weighted by molar-refractivity contribution is -0.133. The summed E-state index contributed by atoms with van der Waals surface area (Å²) in [6, 6.07) is 5.68. The molecule has 9 nitrogen and oxygen atoms in total. The SMILES string of the molecule is CCc1cc(O)c(F)cc1-c1cc(F)c2c(-c3nc4c([nH]3)CCN(C(=O)CN3C[C@H]5COC[C@H]5C3)C4)n[nH]c2c1. The van der Waals surface area contributed by atoms with Gasteiger partial charge in [0, 0.05) is 43.6 Å². The number of aryl methyl sites for hydroxylation is 1. The van der Waals surface area contributed by atoms with Crippen LogP contribution in [0.25, 0.3) is 33.5 Å². The zero-order valence-electron chi connectivity index (χ0n) is 22.1. The van der Waals surface area contributed by atoms with Gasteiger partial charge in [-0.25, -0.2) is 13.8 Å². The van der Waals surface area contributed by atoms with E-state index in [1.54, 1.807) is 6.07 Å². The van der Waals surface area contributed by atoms with E-state index in [1.165, 1.54) is 18.2 Å². The summed E-state index contributed by atoms with van der Waals surface area (Å²) in [6.45, 7) is 6.68. The number of benzene rings is 2. The lowest BCUT2D eigenvalue weighted by Crippen LogP contribution is -2.42. The topological polar surface area (TPSA) is 110 Å². The molecule has 3 N–H and O–H groups in total. The fourth-order valence-electron chi connectivity index (χ4n) is 6.42. The van der Waals surface area contributed by atoms with E-state index < -0.39 is 17.4 Å². The number of halogens is 2. The van der Waals surface area contributed by atoms with Crippen molar-refractivity contribution in [1.29, 1.82) is 0 Å². The van der Waals surface area contributed by atoms with Crippen LogP contribution in [0.2, 0.25) is 0 Å². The number of aromatic amines is 2. The maximum atomic E-state index is 15.5. The van der Waals surface area contributed by atoms with Crippen molar-refractivity contribution >= 4 is 16.8 Å². The molecule has 5 heterocycles. The number of likely N-dealkylation sites (tertiary alicyclic amines) is 1. The number of imidazole rings is 1. The number of amides is 1. The standard InChI is InChI=1S/C29H30F2N6O3/c1-2-15-7-25(38)20(30)8-19(15)16-5-21(31)27-23(6-16)34-35-28(27)29-32-22-3-4-37(11-24(22)33-29)26(39)12-36-9-17-13-40-14-18(17)10-36/h5-8,17-18,38H,2-4,9-14H2,1H3,(H,32,33)(H,34,35)/t17-,18+. The Morgan fingerprint density at radius 1 is 1.15 bits per heavy atom. The second-order valence-electron chi connectivity index (χ2n) is 11.1. The van der Waals surface area contributed by atoms with Crippen molar-refractivity contribution in [2.75, 3.05) is 39.4 Å². The summed E-state index contributed by atoms with van der Waals surface area (Å²) in [5.74, 6) is -0.104. The fourth-order valence-corrected chi connectivity index (χ4v) is 6.42. The van der Waals surface area contributed by atoms with E-state index in [0.29, 0.717) is 78.0 Å². The van der Waals surface area contributed by atoms with Crippen LogP contribution in [0.4, 0.5) is 8.78 Å². The maximum Gasteiger partial charge on any atom is 0.237 e. The van der Waals surface area contributed by atoms with Crippen molar-refractivity contribution < 1.29 is 23.4 Å². The second kappa shape index (κ2) is 9.67. The van der Waals surface area contributed by atoms with E-state index >= 15 is 4.39 Å². The van der Waals surface area contributed by atoms with Crippen molar-refractivity contribution in [1.82, 2.24) is 30.0 Å². The number of aromatic hydroxyl groups is 1. The summed E-state index contributed by atoms with van der Waals surface area (Å²) in [5.41, 5.74) is 4.19. The second-order valence-corrected chi connectivity index (χ2v) is 11.1. The highest BCUT2D eigenvalue weighted by Crippen LogP contribution is 2.36. The summed E-state index contributed by atoms with van der Waals surface area (Å²) in [7, 11) is 0. The van der Waals surface area contributed by atoms with Gasteiger partial charge in [0.2, 0.25) is 5.91 Å². The molecule has 0 radical (unpaired) electrons. The maximum absolute atomic E-state index is 15.5. The lowest BCUT2D eigenvalue weighted by Gasteiger charge is -2.28. The van der Waals surface area contributed by atoms with Crippen molar-refractivity contribution in [3.05, 3.63) is 52.9 Å². The molecule has 3 aliphatic heterocycles. The van der Waals surface area contributed by atoms with E-state index in [1.807, 2.05) is 11.8 Å². The third-order valence-corrected chi connectivity index (χ3v) is 8.57. The Balaban J connectivity index is 1.12. The number of nitrogens with zero attached hydrogens (tertiary/aromatic N) is 4. The molecular formula is C29H30F2N6O3. The molecule has 4 aromatic rings. The number of phenols is 1. The summed E-state index contributed by atoms with van der Waals surface area (Å²) >= 11 is 0. The Labute approximate surface area is 229 Å². The van der Waals surface area contributed by atoms with E-state index in [0.717, 1.165) is 37.7 Å². The molecule has 0 spiro atoms. The number of carbonyl (C=O) groups is 1. The summed E-state index contributed by atoms with van der Waals surface area (Å²) < 4.78 is 35.2. The summed E-state index contributed by atoms with van der Waals surface area (Å²) in [4.78, 5) is 25.2. The highest BCUT2D eigenvalue weighted by atomic mass is 19.1. The van der Waals surface area contributed by atoms with Gasteiger partial charge in [0.1, 0.15) is 11.5 Å². The molecule has 2 aromatic heterocycles. The molecule has 0 bridgehead atoms. The highest BCUT2D eigenvalue weighted by molar-refractivity contribution is 5.94. The van der Waals surface area contributed by atoms with Gasteiger partial charge in [0.05, 0.1) is 42.9 Å². The number of hydrogen-bond acceptors (Lipinski definition) is 6. The molecule has 40 heavy (non-hydrogen) atoms. The number of hydrogen-bond donors (Lipinski definition) is 3. The Hall–Kier alpha value is -3.83. The molecule has 3 aliphatic rings. The molecule has 1 amide bonds. The third kappa shape index (κ3) is 4.24. The number of H-pyrrole nitrogens is 2. The van der Waals surface area contributed by atoms with Crippen LogP contribution in [-0.2, 0) is 28.9 Å². The zero-order chi connectivity index (χ0) is 27.5. The summed E-state index contributed by atoms with van der Waals surface area (Å²) in [5, 5.41) is 17.3. The van der Waals surface area contributed by atoms with Crippen LogP contribution >= 0.6 is 0 Å². The van der Waals surface area contributed by atoms with Gasteiger partial charge in [-0.05, 0) is 47.4 Å². The van der Waals surface area contributed by atoms with E-state index in [-0.39, 0.29) is 11.3 Å². The molecule has 0 aliphatic carbocycles. The van der Waals surface area contributed by atoms with Gasteiger partial charge in [-0.15, -0.1) is 0 Å². The molecule has 2 atom stereocenters. The van der Waals surface area contributed by atoms with Gasteiger partial charge in [-0.1, -0.05) is 6.92 Å². The van der Waals surface area contributed by atoms with Crippen LogP contribution in [0.3, 0.4) is 0 Å². The molecule has 7 rings (SSSR count). The molecular weight excluding hydrogens is 518 g/mol. The van der Waals surface area contributed by atoms with E-state index in [9.17, 15) is 14.3 Å². The van der Waals surface area contributed by atoms with Crippen LogP contribution in [0, 0.1) is 23.5 Å². The first kappa shape index (κ1) is 25.2. The number of ether oxygens (including phenoxy) is 1. The fraction of sp³-hybridized carbons (Fsp3) is 0.414. The van der Waals surface area contributed by atoms with Gasteiger partial charge in [0.25, 0.3) is 0 Å². The number of carbonyl (C=O) groups excluding carboxylic acids is 1.